The van der Waals surface area contributed by atoms with Crippen LogP contribution in [0, 0.1) is 11.3 Å². The van der Waals surface area contributed by atoms with Crippen molar-refractivity contribution in [2.75, 3.05) is 6.54 Å². The minimum Gasteiger partial charge on any atom is -0.350 e. The average molecular weight is 241 g/mol. The summed E-state index contributed by atoms with van der Waals surface area (Å²) in [5.74, 6) is -0.167. The fourth-order valence-electron chi connectivity index (χ4n) is 1.43. The number of amides is 1. The van der Waals surface area contributed by atoms with Crippen LogP contribution in [0.4, 0.5) is 0 Å². The third-order valence-electron chi connectivity index (χ3n) is 2.37. The molecule has 1 amide bonds. The highest BCUT2D eigenvalue weighted by Crippen LogP contribution is 2.02. The van der Waals surface area contributed by atoms with Gasteiger partial charge in [-0.3, -0.25) is 9.48 Å². The quantitative estimate of drug-likeness (QED) is 0.848. The first-order chi connectivity index (χ1) is 8.79. The number of hydrogen-bond donors (Lipinski definition) is 1. The maximum Gasteiger partial charge on any atom is 0.251 e. The normalized spacial score (nSPS) is 9.72. The topological polar surface area (TPSA) is 83.6 Å². The van der Waals surface area contributed by atoms with Crippen LogP contribution >= 0.6 is 0 Å². The van der Waals surface area contributed by atoms with Gasteiger partial charge in [0.05, 0.1) is 24.4 Å². The maximum atomic E-state index is 11.7. The molecule has 6 heteroatoms. The molecule has 1 N–H and O–H groups in total. The lowest BCUT2D eigenvalue weighted by Crippen LogP contribution is -2.27. The van der Waals surface area contributed by atoms with E-state index in [0.29, 0.717) is 24.2 Å². The van der Waals surface area contributed by atoms with Gasteiger partial charge >= 0.3 is 0 Å². The third-order valence-corrected chi connectivity index (χ3v) is 2.37. The van der Waals surface area contributed by atoms with Gasteiger partial charge in [-0.25, -0.2) is 0 Å². The first-order valence-corrected chi connectivity index (χ1v) is 5.42. The van der Waals surface area contributed by atoms with Crippen LogP contribution in [0.3, 0.4) is 0 Å². The second kappa shape index (κ2) is 5.59. The predicted molar refractivity (Wildman–Crippen MR) is 63.5 cm³/mol. The highest BCUT2D eigenvalue weighted by atomic mass is 16.1. The van der Waals surface area contributed by atoms with Gasteiger partial charge in [0, 0.05) is 18.3 Å². The van der Waals surface area contributed by atoms with Crippen molar-refractivity contribution in [1.82, 2.24) is 20.3 Å². The van der Waals surface area contributed by atoms with Gasteiger partial charge in [0.1, 0.15) is 0 Å². The number of nitrogens with zero attached hydrogens (tertiary/aromatic N) is 4. The molecule has 0 aliphatic heterocycles. The van der Waals surface area contributed by atoms with E-state index in [2.05, 4.69) is 15.6 Å². The molecule has 0 saturated heterocycles. The molecule has 1 aromatic heterocycles. The van der Waals surface area contributed by atoms with Crippen molar-refractivity contribution in [1.29, 1.82) is 5.26 Å². The molecular weight excluding hydrogens is 230 g/mol. The Morgan fingerprint density at radius 2 is 2.17 bits per heavy atom. The van der Waals surface area contributed by atoms with Crippen molar-refractivity contribution >= 4 is 5.91 Å². The molecule has 90 valence electrons. The summed E-state index contributed by atoms with van der Waals surface area (Å²) in [5.41, 5.74) is 1.07. The van der Waals surface area contributed by atoms with Crippen LogP contribution in [0.2, 0.25) is 0 Å². The van der Waals surface area contributed by atoms with Crippen LogP contribution in [0.1, 0.15) is 15.9 Å². The number of benzene rings is 1. The Morgan fingerprint density at radius 3 is 2.78 bits per heavy atom. The highest BCUT2D eigenvalue weighted by Gasteiger charge is 2.04. The van der Waals surface area contributed by atoms with Crippen molar-refractivity contribution in [3.63, 3.8) is 0 Å². The van der Waals surface area contributed by atoms with Gasteiger partial charge in [0.15, 0.2) is 0 Å². The van der Waals surface area contributed by atoms with Crippen LogP contribution in [0.15, 0.2) is 36.7 Å². The standard InChI is InChI=1S/C12H11N5O/c13-9-10-1-3-11(4-2-10)12(18)14-5-7-17-8-6-15-16-17/h1-4,6,8H,5,7H2,(H,14,18). The number of rotatable bonds is 4. The maximum absolute atomic E-state index is 11.7. The first-order valence-electron chi connectivity index (χ1n) is 5.42. The zero-order valence-electron chi connectivity index (χ0n) is 9.58. The number of carbonyl (C=O) groups excluding carboxylic acids is 1. The Balaban J connectivity index is 1.86. The second-order valence-corrected chi connectivity index (χ2v) is 3.61. The Labute approximate surface area is 104 Å². The highest BCUT2D eigenvalue weighted by molar-refractivity contribution is 5.94. The van der Waals surface area contributed by atoms with E-state index < -0.39 is 0 Å². The smallest absolute Gasteiger partial charge is 0.251 e. The fraction of sp³-hybridized carbons (Fsp3) is 0.167. The van der Waals surface area contributed by atoms with E-state index in [1.807, 2.05) is 6.07 Å². The zero-order chi connectivity index (χ0) is 12.8. The summed E-state index contributed by atoms with van der Waals surface area (Å²) < 4.78 is 1.64. The van der Waals surface area contributed by atoms with E-state index in [1.54, 1.807) is 41.3 Å². The number of hydrogen-bond acceptors (Lipinski definition) is 4. The molecule has 0 aliphatic rings. The molecule has 0 atom stereocenters. The number of nitriles is 1. The van der Waals surface area contributed by atoms with Crippen molar-refractivity contribution in [2.45, 2.75) is 6.54 Å². The van der Waals surface area contributed by atoms with E-state index in [1.165, 1.54) is 0 Å². The fourth-order valence-corrected chi connectivity index (χ4v) is 1.43. The lowest BCUT2D eigenvalue weighted by molar-refractivity contribution is 0.0952. The largest absolute Gasteiger partial charge is 0.350 e. The summed E-state index contributed by atoms with van der Waals surface area (Å²) in [4.78, 5) is 11.7. The van der Waals surface area contributed by atoms with E-state index in [9.17, 15) is 4.79 Å². The molecule has 0 saturated carbocycles. The first kappa shape index (κ1) is 11.8. The Hall–Kier alpha value is -2.68. The van der Waals surface area contributed by atoms with E-state index in [0.717, 1.165) is 0 Å². The summed E-state index contributed by atoms with van der Waals surface area (Å²) in [5, 5.41) is 18.9. The SMILES string of the molecule is N#Cc1ccc(C(=O)NCCn2ccnn2)cc1. The van der Waals surface area contributed by atoms with Gasteiger partial charge in [0.25, 0.3) is 5.91 Å². The van der Waals surface area contributed by atoms with E-state index in [4.69, 9.17) is 5.26 Å². The molecule has 0 aliphatic carbocycles. The number of carbonyl (C=O) groups is 1. The molecule has 0 fully saturated rings. The van der Waals surface area contributed by atoms with Crippen molar-refractivity contribution in [2.24, 2.45) is 0 Å². The molecule has 2 aromatic rings. The number of aromatic nitrogens is 3. The van der Waals surface area contributed by atoms with Gasteiger partial charge in [0.2, 0.25) is 0 Å². The van der Waals surface area contributed by atoms with Crippen LogP contribution in [0.25, 0.3) is 0 Å². The lowest BCUT2D eigenvalue weighted by atomic mass is 10.1. The van der Waals surface area contributed by atoms with Gasteiger partial charge in [-0.15, -0.1) is 5.10 Å². The molecular formula is C12H11N5O. The van der Waals surface area contributed by atoms with E-state index >= 15 is 0 Å². The van der Waals surface area contributed by atoms with Crippen molar-refractivity contribution in [3.8, 4) is 6.07 Å². The third kappa shape index (κ3) is 2.92. The summed E-state index contributed by atoms with van der Waals surface area (Å²) in [7, 11) is 0. The monoisotopic (exact) mass is 241 g/mol. The summed E-state index contributed by atoms with van der Waals surface area (Å²) in [6, 6.07) is 8.50. The Bertz CT molecular complexity index is 553. The molecule has 6 nitrogen and oxygen atoms in total. The molecule has 0 bridgehead atoms. The summed E-state index contributed by atoms with van der Waals surface area (Å²) >= 11 is 0. The minimum atomic E-state index is -0.167. The minimum absolute atomic E-state index is 0.167. The second-order valence-electron chi connectivity index (χ2n) is 3.61. The molecule has 2 rings (SSSR count). The van der Waals surface area contributed by atoms with Crippen LogP contribution in [0.5, 0.6) is 0 Å². The number of nitrogens with one attached hydrogen (secondary N) is 1. The Kier molecular flexibility index (Phi) is 3.66. The van der Waals surface area contributed by atoms with Crippen LogP contribution in [-0.2, 0) is 6.54 Å². The molecule has 0 spiro atoms. The lowest BCUT2D eigenvalue weighted by Gasteiger charge is -2.04. The van der Waals surface area contributed by atoms with Gasteiger partial charge in [-0.1, -0.05) is 5.21 Å². The summed E-state index contributed by atoms with van der Waals surface area (Å²) in [6.07, 6.45) is 3.32. The molecule has 0 unspecified atom stereocenters. The van der Waals surface area contributed by atoms with E-state index in [-0.39, 0.29) is 5.91 Å². The molecule has 1 heterocycles. The van der Waals surface area contributed by atoms with Crippen molar-refractivity contribution in [3.05, 3.63) is 47.8 Å². The van der Waals surface area contributed by atoms with Gasteiger partial charge in [-0.2, -0.15) is 5.26 Å². The zero-order valence-corrected chi connectivity index (χ0v) is 9.58. The van der Waals surface area contributed by atoms with Crippen molar-refractivity contribution < 1.29 is 4.79 Å². The predicted octanol–water partition coefficient (Wildman–Crippen LogP) is 0.580. The van der Waals surface area contributed by atoms with Crippen LogP contribution < -0.4 is 5.32 Å². The molecule has 1 aromatic carbocycles. The molecule has 0 radical (unpaired) electrons. The van der Waals surface area contributed by atoms with Gasteiger partial charge < -0.3 is 5.32 Å². The molecule has 18 heavy (non-hydrogen) atoms. The Morgan fingerprint density at radius 1 is 1.39 bits per heavy atom. The average Bonchev–Trinajstić information content (AvgIpc) is 2.92. The van der Waals surface area contributed by atoms with Crippen LogP contribution in [-0.4, -0.2) is 27.4 Å². The van der Waals surface area contributed by atoms with Gasteiger partial charge in [-0.05, 0) is 24.3 Å². The summed E-state index contributed by atoms with van der Waals surface area (Å²) in [6.45, 7) is 1.05.